The maximum atomic E-state index is 12.2. The molecule has 17 heavy (non-hydrogen) atoms. The van der Waals surface area contributed by atoms with E-state index in [1.54, 1.807) is 6.07 Å². The molecule has 0 aliphatic rings. The highest BCUT2D eigenvalue weighted by Crippen LogP contribution is 2.18. The van der Waals surface area contributed by atoms with Crippen molar-refractivity contribution in [2.45, 2.75) is 20.3 Å². The fraction of sp³-hybridized carbons (Fsp3) is 0.462. The lowest BCUT2D eigenvalue weighted by Gasteiger charge is -2.20. The van der Waals surface area contributed by atoms with Gasteiger partial charge in [0.1, 0.15) is 0 Å². The first-order valence-corrected chi connectivity index (χ1v) is 7.21. The number of aryl methyl sites for hydroxylation is 1. The van der Waals surface area contributed by atoms with Crippen LogP contribution in [0.5, 0.6) is 0 Å². The lowest BCUT2D eigenvalue weighted by molar-refractivity contribution is 0.0765. The molecule has 0 unspecified atom stereocenters. The Bertz CT molecular complexity index is 395. The molecule has 1 amide bonds. The monoisotopic (exact) mass is 317 g/mol. The Balaban J connectivity index is 2.82. The van der Waals surface area contributed by atoms with E-state index in [1.165, 1.54) is 0 Å². The van der Waals surface area contributed by atoms with Crippen molar-refractivity contribution in [3.05, 3.63) is 34.3 Å². The number of hydrogen-bond acceptors (Lipinski definition) is 1. The highest BCUT2D eigenvalue weighted by atomic mass is 79.9. The third-order valence-electron chi connectivity index (χ3n) is 2.65. The van der Waals surface area contributed by atoms with Crippen LogP contribution in [0.25, 0.3) is 0 Å². The molecule has 0 radical (unpaired) electrons. The van der Waals surface area contributed by atoms with Crippen LogP contribution < -0.4 is 0 Å². The lowest BCUT2D eigenvalue weighted by atomic mass is 10.1. The van der Waals surface area contributed by atoms with Crippen LogP contribution in [0.1, 0.15) is 29.3 Å². The van der Waals surface area contributed by atoms with E-state index in [0.717, 1.165) is 30.4 Å². The molecule has 4 heteroatoms. The van der Waals surface area contributed by atoms with Gasteiger partial charge in [-0.3, -0.25) is 4.79 Å². The fourth-order valence-corrected chi connectivity index (χ4v) is 1.99. The average Bonchev–Trinajstić information content (AvgIpc) is 2.33. The Kier molecular flexibility index (Phi) is 6.00. The first-order chi connectivity index (χ1) is 8.10. The summed E-state index contributed by atoms with van der Waals surface area (Å²) in [6, 6.07) is 5.46. The number of carbonyl (C=O) groups is 1. The first-order valence-electron chi connectivity index (χ1n) is 5.71. The van der Waals surface area contributed by atoms with Crippen LogP contribution in [-0.2, 0) is 0 Å². The van der Waals surface area contributed by atoms with E-state index < -0.39 is 0 Å². The van der Waals surface area contributed by atoms with Crippen molar-refractivity contribution < 1.29 is 4.79 Å². The van der Waals surface area contributed by atoms with Gasteiger partial charge >= 0.3 is 0 Å². The minimum absolute atomic E-state index is 0.0513. The number of carbonyl (C=O) groups excluding carboxylic acids is 1. The number of amides is 1. The zero-order valence-corrected chi connectivity index (χ0v) is 12.5. The predicted molar refractivity (Wildman–Crippen MR) is 76.2 cm³/mol. The van der Waals surface area contributed by atoms with Crippen LogP contribution in [-0.4, -0.2) is 29.2 Å². The van der Waals surface area contributed by atoms with Crippen molar-refractivity contribution >= 4 is 33.4 Å². The molecule has 0 aromatic heterocycles. The smallest absolute Gasteiger partial charge is 0.253 e. The Morgan fingerprint density at radius 2 is 2.18 bits per heavy atom. The summed E-state index contributed by atoms with van der Waals surface area (Å²) < 4.78 is 0. The number of hydrogen-bond donors (Lipinski definition) is 0. The summed E-state index contributed by atoms with van der Waals surface area (Å²) in [6.45, 7) is 5.41. The van der Waals surface area contributed by atoms with Gasteiger partial charge in [-0.25, -0.2) is 0 Å². The Hall–Kier alpha value is -0.540. The van der Waals surface area contributed by atoms with E-state index in [2.05, 4.69) is 15.9 Å². The van der Waals surface area contributed by atoms with E-state index in [1.807, 2.05) is 30.9 Å². The topological polar surface area (TPSA) is 20.3 Å². The normalized spacial score (nSPS) is 10.4. The van der Waals surface area contributed by atoms with Gasteiger partial charge in [-0.15, -0.1) is 0 Å². The SMILES string of the molecule is CCN(CCCBr)C(=O)c1ccc(C)c(Cl)c1. The van der Waals surface area contributed by atoms with Crippen molar-refractivity contribution in [3.63, 3.8) is 0 Å². The molecule has 0 saturated heterocycles. The summed E-state index contributed by atoms with van der Waals surface area (Å²) in [6.07, 6.45) is 0.958. The molecule has 1 rings (SSSR count). The summed E-state index contributed by atoms with van der Waals surface area (Å²) >= 11 is 9.41. The van der Waals surface area contributed by atoms with Crippen molar-refractivity contribution in [1.29, 1.82) is 0 Å². The van der Waals surface area contributed by atoms with Crippen molar-refractivity contribution in [2.24, 2.45) is 0 Å². The second-order valence-corrected chi connectivity index (χ2v) is 5.09. The fourth-order valence-electron chi connectivity index (χ4n) is 1.56. The third-order valence-corrected chi connectivity index (χ3v) is 3.62. The molecule has 94 valence electrons. The van der Waals surface area contributed by atoms with Crippen molar-refractivity contribution in [2.75, 3.05) is 18.4 Å². The van der Waals surface area contributed by atoms with Crippen LogP contribution in [0.2, 0.25) is 5.02 Å². The molecule has 0 spiro atoms. The number of alkyl halides is 1. The molecule has 0 N–H and O–H groups in total. The largest absolute Gasteiger partial charge is 0.339 e. The number of benzene rings is 1. The lowest BCUT2D eigenvalue weighted by Crippen LogP contribution is -2.31. The minimum Gasteiger partial charge on any atom is -0.339 e. The second-order valence-electron chi connectivity index (χ2n) is 3.89. The molecular formula is C13H17BrClNO. The molecule has 1 aromatic carbocycles. The van der Waals surface area contributed by atoms with E-state index in [-0.39, 0.29) is 5.91 Å². The van der Waals surface area contributed by atoms with E-state index in [4.69, 9.17) is 11.6 Å². The van der Waals surface area contributed by atoms with Gasteiger partial charge in [0.25, 0.3) is 5.91 Å². The third kappa shape index (κ3) is 4.00. The zero-order chi connectivity index (χ0) is 12.8. The summed E-state index contributed by atoms with van der Waals surface area (Å²) in [5, 5.41) is 1.55. The van der Waals surface area contributed by atoms with E-state index >= 15 is 0 Å². The van der Waals surface area contributed by atoms with Crippen molar-refractivity contribution in [1.82, 2.24) is 4.90 Å². The molecule has 0 heterocycles. The quantitative estimate of drug-likeness (QED) is 0.754. The van der Waals surface area contributed by atoms with Crippen LogP contribution >= 0.6 is 27.5 Å². The summed E-state index contributed by atoms with van der Waals surface area (Å²) in [4.78, 5) is 14.0. The molecule has 0 aliphatic carbocycles. The second kappa shape index (κ2) is 7.02. The summed E-state index contributed by atoms with van der Waals surface area (Å²) in [5.41, 5.74) is 1.66. The highest BCUT2D eigenvalue weighted by molar-refractivity contribution is 9.09. The van der Waals surface area contributed by atoms with Gasteiger partial charge in [-0.05, 0) is 38.0 Å². The van der Waals surface area contributed by atoms with Gasteiger partial charge in [-0.1, -0.05) is 33.6 Å². The van der Waals surface area contributed by atoms with E-state index in [9.17, 15) is 4.79 Å². The van der Waals surface area contributed by atoms with Crippen molar-refractivity contribution in [3.8, 4) is 0 Å². The van der Waals surface area contributed by atoms with Gasteiger partial charge in [0, 0.05) is 29.0 Å². The Labute approximate surface area is 116 Å². The minimum atomic E-state index is 0.0513. The van der Waals surface area contributed by atoms with Gasteiger partial charge in [0.05, 0.1) is 0 Å². The first kappa shape index (κ1) is 14.5. The van der Waals surface area contributed by atoms with Gasteiger partial charge < -0.3 is 4.90 Å². The number of rotatable bonds is 5. The molecule has 0 saturated carbocycles. The predicted octanol–water partition coefficient (Wildman–Crippen LogP) is 3.90. The number of halogens is 2. The molecule has 0 bridgehead atoms. The number of nitrogens with zero attached hydrogens (tertiary/aromatic N) is 1. The molecule has 0 aliphatic heterocycles. The Morgan fingerprint density at radius 1 is 1.47 bits per heavy atom. The van der Waals surface area contributed by atoms with E-state index in [0.29, 0.717) is 10.6 Å². The Morgan fingerprint density at radius 3 is 2.71 bits per heavy atom. The standard InChI is InChI=1S/C13H17BrClNO/c1-3-16(8-4-7-14)13(17)11-6-5-10(2)12(15)9-11/h5-6,9H,3-4,7-8H2,1-2H3. The zero-order valence-electron chi connectivity index (χ0n) is 10.2. The van der Waals surface area contributed by atoms with Gasteiger partial charge in [0.2, 0.25) is 0 Å². The molecule has 0 fully saturated rings. The van der Waals surface area contributed by atoms with Gasteiger partial charge in [0.15, 0.2) is 0 Å². The summed E-state index contributed by atoms with van der Waals surface area (Å²) in [5.74, 6) is 0.0513. The van der Waals surface area contributed by atoms with Crippen LogP contribution in [0.4, 0.5) is 0 Å². The molecule has 1 aromatic rings. The van der Waals surface area contributed by atoms with Crippen LogP contribution in [0.3, 0.4) is 0 Å². The average molecular weight is 319 g/mol. The van der Waals surface area contributed by atoms with Gasteiger partial charge in [-0.2, -0.15) is 0 Å². The molecule has 0 atom stereocenters. The summed E-state index contributed by atoms with van der Waals surface area (Å²) in [7, 11) is 0. The molecule has 2 nitrogen and oxygen atoms in total. The maximum absolute atomic E-state index is 12.2. The maximum Gasteiger partial charge on any atom is 0.253 e. The highest BCUT2D eigenvalue weighted by Gasteiger charge is 2.14. The van der Waals surface area contributed by atoms with Crippen LogP contribution in [0.15, 0.2) is 18.2 Å². The van der Waals surface area contributed by atoms with Crippen LogP contribution in [0, 0.1) is 6.92 Å². The molecular weight excluding hydrogens is 302 g/mol.